The van der Waals surface area contributed by atoms with Crippen LogP contribution >= 0.6 is 11.3 Å². The van der Waals surface area contributed by atoms with Gasteiger partial charge in [-0.05, 0) is 12.1 Å². The molecule has 25 heavy (non-hydrogen) atoms. The lowest BCUT2D eigenvalue weighted by Gasteiger charge is -2.01. The standard InChI is InChI=1S/C15H10F4N4OS/c16-9-2-1-3-10(17)13(9)15-22-11(7-25-15)14(24)21-8-4-20-23(5-8)6-12(18)19/h1-5,7,12H,6H2,(H,21,24). The first kappa shape index (κ1) is 17.1. The minimum absolute atomic E-state index is 0.0224. The predicted molar refractivity (Wildman–Crippen MR) is 83.7 cm³/mol. The van der Waals surface area contributed by atoms with Gasteiger partial charge >= 0.3 is 0 Å². The summed E-state index contributed by atoms with van der Waals surface area (Å²) < 4.78 is 53.0. The topological polar surface area (TPSA) is 59.8 Å². The summed E-state index contributed by atoms with van der Waals surface area (Å²) >= 11 is 0.912. The van der Waals surface area contributed by atoms with Gasteiger partial charge < -0.3 is 5.32 Å². The largest absolute Gasteiger partial charge is 0.318 e. The van der Waals surface area contributed by atoms with Crippen LogP contribution in [0.3, 0.4) is 0 Å². The zero-order valence-corrected chi connectivity index (χ0v) is 13.2. The Balaban J connectivity index is 1.76. The maximum Gasteiger partial charge on any atom is 0.275 e. The van der Waals surface area contributed by atoms with Gasteiger partial charge in [0.15, 0.2) is 0 Å². The lowest BCUT2D eigenvalue weighted by Crippen LogP contribution is -2.12. The van der Waals surface area contributed by atoms with Crippen molar-refractivity contribution in [2.75, 3.05) is 5.32 Å². The van der Waals surface area contributed by atoms with Crippen molar-refractivity contribution in [1.82, 2.24) is 14.8 Å². The summed E-state index contributed by atoms with van der Waals surface area (Å²) in [6, 6.07) is 3.42. The molecule has 0 atom stereocenters. The Kier molecular flexibility index (Phi) is 4.79. The molecule has 0 aliphatic rings. The van der Waals surface area contributed by atoms with Crippen molar-refractivity contribution in [2.45, 2.75) is 13.0 Å². The summed E-state index contributed by atoms with van der Waals surface area (Å²) in [5.41, 5.74) is -0.155. The fourth-order valence-electron chi connectivity index (χ4n) is 2.06. The van der Waals surface area contributed by atoms with E-state index in [9.17, 15) is 22.4 Å². The van der Waals surface area contributed by atoms with Gasteiger partial charge in [0.2, 0.25) is 0 Å². The van der Waals surface area contributed by atoms with Crippen LogP contribution in [0.2, 0.25) is 0 Å². The molecule has 0 fully saturated rings. The molecule has 3 aromatic rings. The van der Waals surface area contributed by atoms with Gasteiger partial charge in [0.05, 0.1) is 17.4 Å². The van der Waals surface area contributed by atoms with Crippen LogP contribution in [0.4, 0.5) is 23.2 Å². The monoisotopic (exact) mass is 370 g/mol. The van der Waals surface area contributed by atoms with Crippen molar-refractivity contribution in [2.24, 2.45) is 0 Å². The molecule has 0 unspecified atom stereocenters. The molecule has 2 aromatic heterocycles. The lowest BCUT2D eigenvalue weighted by atomic mass is 10.2. The first-order valence-corrected chi connectivity index (χ1v) is 7.84. The summed E-state index contributed by atoms with van der Waals surface area (Å²) in [5, 5.41) is 7.49. The molecule has 1 aromatic carbocycles. The number of rotatable bonds is 5. The van der Waals surface area contributed by atoms with E-state index in [1.54, 1.807) is 0 Å². The number of carbonyl (C=O) groups excluding carboxylic acids is 1. The van der Waals surface area contributed by atoms with Crippen LogP contribution in [-0.4, -0.2) is 27.1 Å². The van der Waals surface area contributed by atoms with Gasteiger partial charge in [-0.25, -0.2) is 22.5 Å². The average molecular weight is 370 g/mol. The van der Waals surface area contributed by atoms with Crippen LogP contribution in [0, 0.1) is 11.6 Å². The number of amides is 1. The van der Waals surface area contributed by atoms with Gasteiger partial charge in [0.25, 0.3) is 12.3 Å². The number of carbonyl (C=O) groups is 1. The second kappa shape index (κ2) is 7.01. The highest BCUT2D eigenvalue weighted by Gasteiger charge is 2.18. The first-order valence-electron chi connectivity index (χ1n) is 6.96. The zero-order chi connectivity index (χ0) is 18.0. The molecular weight excluding hydrogens is 360 g/mol. The lowest BCUT2D eigenvalue weighted by molar-refractivity contribution is 0.102. The van der Waals surface area contributed by atoms with Gasteiger partial charge in [-0.3, -0.25) is 9.48 Å². The molecule has 130 valence electrons. The number of nitrogens with one attached hydrogen (secondary N) is 1. The summed E-state index contributed by atoms with van der Waals surface area (Å²) in [7, 11) is 0. The van der Waals surface area contributed by atoms with E-state index in [4.69, 9.17) is 0 Å². The number of alkyl halides is 2. The zero-order valence-electron chi connectivity index (χ0n) is 12.4. The van der Waals surface area contributed by atoms with E-state index in [-0.39, 0.29) is 22.0 Å². The van der Waals surface area contributed by atoms with Crippen molar-refractivity contribution >= 4 is 22.9 Å². The first-order chi connectivity index (χ1) is 11.9. The number of benzene rings is 1. The van der Waals surface area contributed by atoms with Crippen LogP contribution in [0.5, 0.6) is 0 Å². The van der Waals surface area contributed by atoms with Crippen molar-refractivity contribution in [3.05, 3.63) is 53.3 Å². The van der Waals surface area contributed by atoms with E-state index in [1.807, 2.05) is 0 Å². The van der Waals surface area contributed by atoms with Gasteiger partial charge in [0.1, 0.15) is 28.9 Å². The third-order valence-corrected chi connectivity index (χ3v) is 3.99. The normalized spacial score (nSPS) is 11.1. The number of hydrogen-bond acceptors (Lipinski definition) is 4. The van der Waals surface area contributed by atoms with E-state index in [0.717, 1.165) is 28.2 Å². The Hall–Kier alpha value is -2.75. The molecule has 0 aliphatic heterocycles. The minimum atomic E-state index is -2.57. The molecular formula is C15H10F4N4OS. The summed E-state index contributed by atoms with van der Waals surface area (Å²) in [6.07, 6.45) is -0.113. The molecule has 1 N–H and O–H groups in total. The second-order valence-electron chi connectivity index (χ2n) is 4.93. The van der Waals surface area contributed by atoms with E-state index >= 15 is 0 Å². The van der Waals surface area contributed by atoms with Crippen LogP contribution in [-0.2, 0) is 6.54 Å². The van der Waals surface area contributed by atoms with Crippen LogP contribution < -0.4 is 5.32 Å². The molecule has 0 saturated heterocycles. The fraction of sp³-hybridized carbons (Fsp3) is 0.133. The highest BCUT2D eigenvalue weighted by atomic mass is 32.1. The van der Waals surface area contributed by atoms with Crippen LogP contribution in [0.15, 0.2) is 36.0 Å². The quantitative estimate of drug-likeness (QED) is 0.695. The van der Waals surface area contributed by atoms with Gasteiger partial charge in [0, 0.05) is 11.6 Å². The summed E-state index contributed by atoms with van der Waals surface area (Å²) in [4.78, 5) is 16.1. The number of halogens is 4. The second-order valence-corrected chi connectivity index (χ2v) is 5.79. The third-order valence-electron chi connectivity index (χ3n) is 3.13. The SMILES string of the molecule is O=C(Nc1cnn(CC(F)F)c1)c1csc(-c2c(F)cccc2F)n1. The minimum Gasteiger partial charge on any atom is -0.318 e. The average Bonchev–Trinajstić information content (AvgIpc) is 3.16. The molecule has 0 bridgehead atoms. The van der Waals surface area contributed by atoms with Gasteiger partial charge in [-0.15, -0.1) is 11.3 Å². The number of nitrogens with zero attached hydrogens (tertiary/aromatic N) is 3. The Morgan fingerprint density at radius 2 is 2.00 bits per heavy atom. The van der Waals surface area contributed by atoms with Crippen molar-refractivity contribution in [1.29, 1.82) is 0 Å². The highest BCUT2D eigenvalue weighted by Crippen LogP contribution is 2.29. The maximum atomic E-state index is 13.8. The van der Waals surface area contributed by atoms with E-state index in [0.29, 0.717) is 0 Å². The third kappa shape index (κ3) is 3.85. The van der Waals surface area contributed by atoms with E-state index in [2.05, 4.69) is 15.4 Å². The van der Waals surface area contributed by atoms with Crippen molar-refractivity contribution in [3.63, 3.8) is 0 Å². The molecule has 1 amide bonds. The van der Waals surface area contributed by atoms with Gasteiger partial charge in [-0.2, -0.15) is 5.10 Å². The predicted octanol–water partition coefficient (Wildman–Crippen LogP) is 3.80. The number of thiazole rings is 1. The molecule has 0 aliphatic carbocycles. The van der Waals surface area contributed by atoms with Crippen molar-refractivity contribution in [3.8, 4) is 10.6 Å². The van der Waals surface area contributed by atoms with Crippen molar-refractivity contribution < 1.29 is 22.4 Å². The highest BCUT2D eigenvalue weighted by molar-refractivity contribution is 7.13. The fourth-order valence-corrected chi connectivity index (χ4v) is 2.91. The Morgan fingerprint density at radius 1 is 1.28 bits per heavy atom. The summed E-state index contributed by atoms with van der Waals surface area (Å²) in [5.74, 6) is -2.21. The molecule has 0 radical (unpaired) electrons. The van der Waals surface area contributed by atoms with Crippen LogP contribution in [0.25, 0.3) is 10.6 Å². The maximum absolute atomic E-state index is 13.8. The smallest absolute Gasteiger partial charge is 0.275 e. The molecule has 2 heterocycles. The molecule has 10 heteroatoms. The molecule has 5 nitrogen and oxygen atoms in total. The number of hydrogen-bond donors (Lipinski definition) is 1. The van der Waals surface area contributed by atoms with Crippen LogP contribution in [0.1, 0.15) is 10.5 Å². The number of anilines is 1. The summed E-state index contributed by atoms with van der Waals surface area (Å²) in [6.45, 7) is -0.594. The molecule has 0 saturated carbocycles. The van der Waals surface area contributed by atoms with E-state index < -0.39 is 30.5 Å². The number of aromatic nitrogens is 3. The Morgan fingerprint density at radius 3 is 2.68 bits per heavy atom. The van der Waals surface area contributed by atoms with E-state index in [1.165, 1.54) is 23.8 Å². The Labute approximate surface area is 142 Å². The molecule has 3 rings (SSSR count). The van der Waals surface area contributed by atoms with Gasteiger partial charge in [-0.1, -0.05) is 6.07 Å². The Bertz CT molecular complexity index is 888. The molecule has 0 spiro atoms.